The van der Waals surface area contributed by atoms with Crippen molar-refractivity contribution in [3.05, 3.63) is 48.0 Å². The smallest absolute Gasteiger partial charge is 0.305 e. The predicted octanol–water partition coefficient (Wildman–Crippen LogP) is 2.63. The number of fused-ring (bicyclic) bond motifs is 1. The van der Waals surface area contributed by atoms with Crippen molar-refractivity contribution in [3.63, 3.8) is 0 Å². The highest BCUT2D eigenvalue weighted by Gasteiger charge is 2.32. The minimum Gasteiger partial charge on any atom is -0.481 e. The number of hydrogen-bond acceptors (Lipinski definition) is 5. The average molecular weight is 341 g/mol. The minimum absolute atomic E-state index is 0.235. The van der Waals surface area contributed by atoms with Gasteiger partial charge < -0.3 is 10.4 Å². The summed E-state index contributed by atoms with van der Waals surface area (Å²) in [7, 11) is 0. The number of carboxylic acids is 1. The second kappa shape index (κ2) is 6.84. The van der Waals surface area contributed by atoms with Gasteiger partial charge in [-0.1, -0.05) is 54.2 Å². The monoisotopic (exact) mass is 341 g/mol. The van der Waals surface area contributed by atoms with Gasteiger partial charge in [-0.05, 0) is 17.7 Å². The first kappa shape index (κ1) is 16.2. The van der Waals surface area contributed by atoms with E-state index in [-0.39, 0.29) is 12.3 Å². The fourth-order valence-corrected chi connectivity index (χ4v) is 3.37. The van der Waals surface area contributed by atoms with Gasteiger partial charge in [0, 0.05) is 5.56 Å². The molecule has 1 aliphatic rings. The maximum Gasteiger partial charge on any atom is 0.305 e. The Bertz CT molecular complexity index is 871. The number of amides is 1. The van der Waals surface area contributed by atoms with E-state index in [2.05, 4.69) is 15.5 Å². The maximum atomic E-state index is 11.7. The summed E-state index contributed by atoms with van der Waals surface area (Å²) in [6.45, 7) is 1.85. The molecule has 1 aliphatic heterocycles. The van der Waals surface area contributed by atoms with Crippen LogP contribution in [0.1, 0.15) is 18.9 Å². The molecular formula is C17H15N3O3S. The molecule has 24 heavy (non-hydrogen) atoms. The Morgan fingerprint density at radius 1 is 1.25 bits per heavy atom. The quantitative estimate of drug-likeness (QED) is 0.660. The molecule has 6 nitrogen and oxygen atoms in total. The van der Waals surface area contributed by atoms with Crippen molar-refractivity contribution in [2.24, 2.45) is 10.2 Å². The normalized spacial score (nSPS) is 19.7. The van der Waals surface area contributed by atoms with Gasteiger partial charge in [-0.3, -0.25) is 9.59 Å². The van der Waals surface area contributed by atoms with E-state index in [9.17, 15) is 9.59 Å². The van der Waals surface area contributed by atoms with Crippen LogP contribution in [0.15, 0.2) is 52.7 Å². The third kappa shape index (κ3) is 3.46. The Labute approximate surface area is 142 Å². The molecule has 122 valence electrons. The summed E-state index contributed by atoms with van der Waals surface area (Å²) in [5.41, 5.74) is 1.68. The number of hydrogen-bond donors (Lipinski definition) is 2. The highest BCUT2D eigenvalue weighted by Crippen LogP contribution is 2.23. The molecule has 7 heteroatoms. The lowest BCUT2D eigenvalue weighted by atomic mass is 10.0. The Morgan fingerprint density at radius 2 is 2.00 bits per heavy atom. The molecule has 1 amide bonds. The molecule has 0 aromatic heterocycles. The van der Waals surface area contributed by atoms with E-state index in [1.54, 1.807) is 0 Å². The number of amidine groups is 1. The SMILES string of the molecule is C/C(=N/N=C1\NC(=O)[C@@H](CC(=O)O)S1)c1cccc2ccccc12. The molecule has 1 heterocycles. The molecular weight excluding hydrogens is 326 g/mol. The van der Waals surface area contributed by atoms with Crippen molar-refractivity contribution in [1.29, 1.82) is 0 Å². The topological polar surface area (TPSA) is 91.1 Å². The average Bonchev–Trinajstić information content (AvgIpc) is 2.91. The van der Waals surface area contributed by atoms with E-state index in [0.717, 1.165) is 33.8 Å². The van der Waals surface area contributed by atoms with Crippen LogP contribution in [0, 0.1) is 0 Å². The standard InChI is InChI=1S/C17H15N3O3S/c1-10(12-8-4-6-11-5-2-3-7-13(11)12)19-20-17-18-16(23)14(24-17)9-15(21)22/h2-8,14H,9H2,1H3,(H,21,22)(H,18,20,23)/b19-10-/t14-/m1/s1. The van der Waals surface area contributed by atoms with Gasteiger partial charge in [-0.15, -0.1) is 5.10 Å². The zero-order chi connectivity index (χ0) is 17.1. The van der Waals surface area contributed by atoms with Crippen LogP contribution >= 0.6 is 11.8 Å². The second-order valence-corrected chi connectivity index (χ2v) is 6.50. The van der Waals surface area contributed by atoms with Gasteiger partial charge in [0.1, 0.15) is 5.25 Å². The maximum absolute atomic E-state index is 11.7. The summed E-state index contributed by atoms with van der Waals surface area (Å²) < 4.78 is 0. The Balaban J connectivity index is 1.84. The number of carbonyl (C=O) groups is 2. The number of carboxylic acid groups (broad SMARTS) is 1. The van der Waals surface area contributed by atoms with E-state index < -0.39 is 11.2 Å². The van der Waals surface area contributed by atoms with Crippen LogP contribution in [0.2, 0.25) is 0 Å². The Morgan fingerprint density at radius 3 is 2.79 bits per heavy atom. The first-order valence-corrected chi connectivity index (χ1v) is 8.22. The molecule has 3 rings (SSSR count). The van der Waals surface area contributed by atoms with Gasteiger partial charge in [0.05, 0.1) is 12.1 Å². The lowest BCUT2D eigenvalue weighted by molar-refractivity contribution is -0.138. The Kier molecular flexibility index (Phi) is 4.61. The van der Waals surface area contributed by atoms with Crippen LogP contribution < -0.4 is 5.32 Å². The van der Waals surface area contributed by atoms with Crippen LogP contribution in [0.5, 0.6) is 0 Å². The predicted molar refractivity (Wildman–Crippen MR) is 95.4 cm³/mol. The number of aliphatic carboxylic acids is 1. The molecule has 0 spiro atoms. The van der Waals surface area contributed by atoms with Gasteiger partial charge in [0.15, 0.2) is 5.17 Å². The van der Waals surface area contributed by atoms with E-state index in [0.29, 0.717) is 5.17 Å². The fourth-order valence-electron chi connectivity index (χ4n) is 2.46. The zero-order valence-electron chi connectivity index (χ0n) is 12.9. The molecule has 1 saturated heterocycles. The van der Waals surface area contributed by atoms with E-state index in [1.165, 1.54) is 0 Å². The van der Waals surface area contributed by atoms with Crippen LogP contribution in [-0.2, 0) is 9.59 Å². The highest BCUT2D eigenvalue weighted by molar-refractivity contribution is 8.15. The van der Waals surface area contributed by atoms with Crippen molar-refractivity contribution in [1.82, 2.24) is 5.32 Å². The summed E-state index contributed by atoms with van der Waals surface area (Å²) in [4.78, 5) is 22.4. The van der Waals surface area contributed by atoms with Crippen LogP contribution in [0.4, 0.5) is 0 Å². The summed E-state index contributed by atoms with van der Waals surface area (Å²) in [6, 6.07) is 13.9. The lowest BCUT2D eigenvalue weighted by Crippen LogP contribution is -2.26. The first-order valence-electron chi connectivity index (χ1n) is 7.34. The minimum atomic E-state index is -1.01. The summed E-state index contributed by atoms with van der Waals surface area (Å²) >= 11 is 1.09. The number of nitrogens with zero attached hydrogens (tertiary/aromatic N) is 2. The third-order valence-electron chi connectivity index (χ3n) is 3.61. The highest BCUT2D eigenvalue weighted by atomic mass is 32.2. The Hall–Kier alpha value is -2.67. The number of rotatable bonds is 4. The van der Waals surface area contributed by atoms with Crippen molar-refractivity contribution < 1.29 is 14.7 Å². The first-order chi connectivity index (χ1) is 11.5. The van der Waals surface area contributed by atoms with Gasteiger partial charge >= 0.3 is 5.97 Å². The number of carbonyl (C=O) groups excluding carboxylic acids is 1. The summed E-state index contributed by atoms with van der Waals surface area (Å²) in [5.74, 6) is -1.36. The molecule has 2 aromatic carbocycles. The van der Waals surface area contributed by atoms with Gasteiger partial charge in [0.25, 0.3) is 0 Å². The summed E-state index contributed by atoms with van der Waals surface area (Å²) in [6.07, 6.45) is -0.235. The molecule has 1 atom stereocenters. The van der Waals surface area contributed by atoms with Gasteiger partial charge in [0.2, 0.25) is 5.91 Å². The molecule has 2 aromatic rings. The molecule has 1 fully saturated rings. The van der Waals surface area contributed by atoms with Gasteiger partial charge in [-0.2, -0.15) is 5.10 Å². The molecule has 0 bridgehead atoms. The number of benzene rings is 2. The molecule has 0 aliphatic carbocycles. The molecule has 0 radical (unpaired) electrons. The molecule has 0 saturated carbocycles. The third-order valence-corrected chi connectivity index (χ3v) is 4.68. The van der Waals surface area contributed by atoms with Crippen molar-refractivity contribution in [2.75, 3.05) is 0 Å². The molecule has 0 unspecified atom stereocenters. The lowest BCUT2D eigenvalue weighted by Gasteiger charge is -2.04. The van der Waals surface area contributed by atoms with Crippen molar-refractivity contribution in [3.8, 4) is 0 Å². The van der Waals surface area contributed by atoms with Crippen LogP contribution in [0.25, 0.3) is 10.8 Å². The van der Waals surface area contributed by atoms with Crippen molar-refractivity contribution >= 4 is 45.3 Å². The van der Waals surface area contributed by atoms with E-state index in [1.807, 2.05) is 49.4 Å². The summed E-state index contributed by atoms with van der Waals surface area (Å²) in [5, 5.41) is 21.5. The van der Waals surface area contributed by atoms with Crippen LogP contribution in [0.3, 0.4) is 0 Å². The zero-order valence-corrected chi connectivity index (χ0v) is 13.7. The molecule has 2 N–H and O–H groups in total. The van der Waals surface area contributed by atoms with Crippen LogP contribution in [-0.4, -0.2) is 33.1 Å². The second-order valence-electron chi connectivity index (χ2n) is 5.31. The number of nitrogens with one attached hydrogen (secondary N) is 1. The number of thioether (sulfide) groups is 1. The van der Waals surface area contributed by atoms with E-state index in [4.69, 9.17) is 5.11 Å². The van der Waals surface area contributed by atoms with Gasteiger partial charge in [-0.25, -0.2) is 0 Å². The largest absolute Gasteiger partial charge is 0.481 e. The van der Waals surface area contributed by atoms with Crippen molar-refractivity contribution in [2.45, 2.75) is 18.6 Å². The fraction of sp³-hybridized carbons (Fsp3) is 0.176. The van der Waals surface area contributed by atoms with E-state index >= 15 is 0 Å².